The molecule has 0 fully saturated rings. The fourth-order valence-electron chi connectivity index (χ4n) is 1.75. The van der Waals surface area contributed by atoms with Gasteiger partial charge in [-0.1, -0.05) is 0 Å². The smallest absolute Gasteiger partial charge is 0.284 e. The summed E-state index contributed by atoms with van der Waals surface area (Å²) in [5, 5.41) is 11.1. The van der Waals surface area contributed by atoms with Crippen molar-refractivity contribution in [1.82, 2.24) is 4.90 Å². The maximum Gasteiger partial charge on any atom is 0.284 e. The number of amides is 1. The number of hydrogen-bond donors (Lipinski definition) is 0. The molecule has 0 saturated carbocycles. The van der Waals surface area contributed by atoms with Crippen LogP contribution in [-0.4, -0.2) is 45.0 Å². The minimum Gasteiger partial charge on any atom is -0.343 e. The third-order valence-corrected chi connectivity index (χ3v) is 4.89. The second kappa shape index (κ2) is 8.14. The first-order chi connectivity index (χ1) is 9.90. The van der Waals surface area contributed by atoms with Crippen molar-refractivity contribution in [2.75, 3.05) is 25.1 Å². The summed E-state index contributed by atoms with van der Waals surface area (Å²) >= 11 is 1.13. The number of carbonyl (C=O) groups excluding carboxylic acids is 1. The van der Waals surface area contributed by atoms with Crippen LogP contribution in [0.25, 0.3) is 0 Å². The molecule has 0 aliphatic rings. The summed E-state index contributed by atoms with van der Waals surface area (Å²) in [5.74, 6) is 0.0966. The zero-order valence-corrected chi connectivity index (χ0v) is 13.8. The van der Waals surface area contributed by atoms with Crippen molar-refractivity contribution in [2.24, 2.45) is 0 Å². The van der Waals surface area contributed by atoms with Crippen LogP contribution >= 0.6 is 11.8 Å². The van der Waals surface area contributed by atoms with Gasteiger partial charge in [-0.3, -0.25) is 19.1 Å². The third kappa shape index (κ3) is 4.82. The van der Waals surface area contributed by atoms with Gasteiger partial charge in [0.25, 0.3) is 5.69 Å². The van der Waals surface area contributed by atoms with Crippen molar-refractivity contribution < 1.29 is 13.9 Å². The van der Waals surface area contributed by atoms with E-state index < -0.39 is 15.7 Å². The summed E-state index contributed by atoms with van der Waals surface area (Å²) in [4.78, 5) is 25.0. The van der Waals surface area contributed by atoms with E-state index in [9.17, 15) is 19.1 Å². The van der Waals surface area contributed by atoms with Crippen molar-refractivity contribution in [3.63, 3.8) is 0 Å². The average molecular weight is 330 g/mol. The average Bonchev–Trinajstić information content (AvgIpc) is 2.45. The Bertz CT molecular complexity index is 559. The standard InChI is InChI=1S/C13H18N2O4S2/c1-4-14(5-2)13(16)9-20-12-7-6-10(21(3)19)8-11(12)15(17)18/h6-8H,4-5,9H2,1-3H3. The van der Waals surface area contributed by atoms with Crippen LogP contribution in [0.5, 0.6) is 0 Å². The molecule has 0 heterocycles. The molecule has 0 aromatic heterocycles. The summed E-state index contributed by atoms with van der Waals surface area (Å²) in [7, 11) is -1.28. The second-order valence-electron chi connectivity index (χ2n) is 4.20. The minimum atomic E-state index is -1.28. The van der Waals surface area contributed by atoms with Crippen molar-refractivity contribution in [2.45, 2.75) is 23.6 Å². The lowest BCUT2D eigenvalue weighted by molar-refractivity contribution is -0.387. The molecule has 0 N–H and O–H groups in total. The van der Waals surface area contributed by atoms with Crippen LogP contribution in [0.2, 0.25) is 0 Å². The lowest BCUT2D eigenvalue weighted by Gasteiger charge is -2.18. The molecule has 1 rings (SSSR count). The number of nitrogens with zero attached hydrogens (tertiary/aromatic N) is 2. The number of nitro groups is 1. The Labute approximate surface area is 130 Å². The van der Waals surface area contributed by atoms with Crippen molar-refractivity contribution >= 4 is 34.2 Å². The molecular weight excluding hydrogens is 312 g/mol. The van der Waals surface area contributed by atoms with E-state index in [-0.39, 0.29) is 17.3 Å². The normalized spacial score (nSPS) is 12.0. The molecule has 8 heteroatoms. The SMILES string of the molecule is CCN(CC)C(=O)CSc1ccc(S(C)=O)cc1[N+](=O)[O-]. The predicted molar refractivity (Wildman–Crippen MR) is 84.1 cm³/mol. The van der Waals surface area contributed by atoms with Crippen LogP contribution in [0.3, 0.4) is 0 Å². The molecule has 0 aliphatic heterocycles. The Morgan fingerprint density at radius 3 is 2.48 bits per heavy atom. The number of hydrogen-bond acceptors (Lipinski definition) is 5. The van der Waals surface area contributed by atoms with E-state index in [0.717, 1.165) is 11.8 Å². The maximum absolute atomic E-state index is 11.9. The van der Waals surface area contributed by atoms with Gasteiger partial charge in [-0.2, -0.15) is 0 Å². The highest BCUT2D eigenvalue weighted by Crippen LogP contribution is 2.31. The van der Waals surface area contributed by atoms with Gasteiger partial charge in [-0.15, -0.1) is 11.8 Å². The van der Waals surface area contributed by atoms with Crippen LogP contribution in [0, 0.1) is 10.1 Å². The summed E-state index contributed by atoms with van der Waals surface area (Å²) in [6.45, 7) is 5.01. The highest BCUT2D eigenvalue weighted by atomic mass is 32.2. The monoisotopic (exact) mass is 330 g/mol. The zero-order valence-electron chi connectivity index (χ0n) is 12.2. The highest BCUT2D eigenvalue weighted by Gasteiger charge is 2.18. The minimum absolute atomic E-state index is 0.0533. The highest BCUT2D eigenvalue weighted by molar-refractivity contribution is 8.00. The van der Waals surface area contributed by atoms with Crippen molar-refractivity contribution in [3.05, 3.63) is 28.3 Å². The molecule has 0 radical (unpaired) electrons. The Balaban J connectivity index is 2.91. The summed E-state index contributed by atoms with van der Waals surface area (Å²) in [6, 6.07) is 4.45. The van der Waals surface area contributed by atoms with Gasteiger partial charge in [0.1, 0.15) is 0 Å². The third-order valence-electron chi connectivity index (χ3n) is 2.93. The summed E-state index contributed by atoms with van der Waals surface area (Å²) < 4.78 is 11.4. The molecule has 1 aromatic rings. The van der Waals surface area contributed by atoms with Gasteiger partial charge in [0.05, 0.1) is 26.4 Å². The topological polar surface area (TPSA) is 80.5 Å². The number of rotatable bonds is 7. The Morgan fingerprint density at radius 1 is 1.38 bits per heavy atom. The predicted octanol–water partition coefficient (Wildman–Crippen LogP) is 2.29. The number of carbonyl (C=O) groups is 1. The van der Waals surface area contributed by atoms with Crippen LogP contribution in [0.4, 0.5) is 5.69 Å². The molecule has 1 aromatic carbocycles. The van der Waals surface area contributed by atoms with E-state index >= 15 is 0 Å². The Hall–Kier alpha value is -1.41. The molecule has 0 saturated heterocycles. The lowest BCUT2D eigenvalue weighted by Crippen LogP contribution is -2.31. The van der Waals surface area contributed by atoms with E-state index in [1.165, 1.54) is 12.3 Å². The first kappa shape index (κ1) is 17.6. The van der Waals surface area contributed by atoms with E-state index in [1.807, 2.05) is 13.8 Å². The molecule has 6 nitrogen and oxygen atoms in total. The van der Waals surface area contributed by atoms with E-state index in [2.05, 4.69) is 0 Å². The quantitative estimate of drug-likeness (QED) is 0.435. The summed E-state index contributed by atoms with van der Waals surface area (Å²) in [5.41, 5.74) is -0.111. The maximum atomic E-state index is 11.9. The zero-order chi connectivity index (χ0) is 16.0. The van der Waals surface area contributed by atoms with Crippen LogP contribution in [0.1, 0.15) is 13.8 Å². The number of benzene rings is 1. The van der Waals surface area contributed by atoms with Crippen LogP contribution in [0.15, 0.2) is 28.0 Å². The Kier molecular flexibility index (Phi) is 6.83. The van der Waals surface area contributed by atoms with Gasteiger partial charge in [0.15, 0.2) is 0 Å². The van der Waals surface area contributed by atoms with E-state index in [1.54, 1.807) is 17.0 Å². The van der Waals surface area contributed by atoms with Crippen LogP contribution in [-0.2, 0) is 15.6 Å². The van der Waals surface area contributed by atoms with Gasteiger partial charge in [-0.25, -0.2) is 0 Å². The molecule has 1 unspecified atom stereocenters. The van der Waals surface area contributed by atoms with Gasteiger partial charge in [0.2, 0.25) is 5.91 Å². The number of nitro benzene ring substituents is 1. The number of thioether (sulfide) groups is 1. The fourth-order valence-corrected chi connectivity index (χ4v) is 3.19. The summed E-state index contributed by atoms with van der Waals surface area (Å²) in [6.07, 6.45) is 1.47. The first-order valence-electron chi connectivity index (χ1n) is 6.43. The van der Waals surface area contributed by atoms with E-state index in [4.69, 9.17) is 0 Å². The molecule has 116 valence electrons. The largest absolute Gasteiger partial charge is 0.343 e. The van der Waals surface area contributed by atoms with Gasteiger partial charge < -0.3 is 4.90 Å². The van der Waals surface area contributed by atoms with Crippen LogP contribution < -0.4 is 0 Å². The molecule has 0 spiro atoms. The first-order valence-corrected chi connectivity index (χ1v) is 8.97. The van der Waals surface area contributed by atoms with Crippen molar-refractivity contribution in [3.8, 4) is 0 Å². The van der Waals surface area contributed by atoms with Gasteiger partial charge in [0, 0.05) is 30.3 Å². The van der Waals surface area contributed by atoms with Gasteiger partial charge in [-0.05, 0) is 26.0 Å². The molecule has 21 heavy (non-hydrogen) atoms. The molecule has 0 aliphatic carbocycles. The van der Waals surface area contributed by atoms with Crippen molar-refractivity contribution in [1.29, 1.82) is 0 Å². The Morgan fingerprint density at radius 2 is 2.00 bits per heavy atom. The lowest BCUT2D eigenvalue weighted by atomic mass is 10.3. The van der Waals surface area contributed by atoms with E-state index in [0.29, 0.717) is 22.9 Å². The molecule has 1 amide bonds. The second-order valence-corrected chi connectivity index (χ2v) is 6.59. The molecule has 0 bridgehead atoms. The molecular formula is C13H18N2O4S2. The molecule has 1 atom stereocenters. The fraction of sp³-hybridized carbons (Fsp3) is 0.462. The van der Waals surface area contributed by atoms with Gasteiger partial charge >= 0.3 is 0 Å².